The molecule has 1 aromatic heterocycles. The Kier molecular flexibility index (Phi) is 6.58. The van der Waals surface area contributed by atoms with Crippen molar-refractivity contribution in [2.45, 2.75) is 40.2 Å². The number of nitrogens with zero attached hydrogens (tertiary/aromatic N) is 2. The molecule has 0 aliphatic heterocycles. The van der Waals surface area contributed by atoms with E-state index in [1.807, 2.05) is 6.92 Å². The molecule has 0 aliphatic carbocycles. The van der Waals surface area contributed by atoms with Gasteiger partial charge in [-0.15, -0.1) is 0 Å². The Labute approximate surface area is 124 Å². The molecule has 0 bridgehead atoms. The van der Waals surface area contributed by atoms with Crippen molar-refractivity contribution >= 4 is 12.9 Å². The summed E-state index contributed by atoms with van der Waals surface area (Å²) in [6.07, 6.45) is 2.78. The topological polar surface area (TPSA) is 79.5 Å². The van der Waals surface area contributed by atoms with E-state index >= 15 is 0 Å². The van der Waals surface area contributed by atoms with Crippen molar-refractivity contribution in [1.82, 2.24) is 9.13 Å². The molecule has 0 amide bonds. The summed E-state index contributed by atoms with van der Waals surface area (Å²) >= 11 is 0. The lowest BCUT2D eigenvalue weighted by atomic mass is 10.3. The lowest BCUT2D eigenvalue weighted by molar-refractivity contribution is 0.229. The van der Waals surface area contributed by atoms with E-state index in [2.05, 4.69) is 0 Å². The van der Waals surface area contributed by atoms with E-state index in [0.29, 0.717) is 6.42 Å². The third kappa shape index (κ3) is 3.93. The zero-order valence-electron chi connectivity index (χ0n) is 13.0. The lowest BCUT2D eigenvalue weighted by Crippen LogP contribution is -2.46. The van der Waals surface area contributed by atoms with Gasteiger partial charge in [-0.05, 0) is 20.3 Å². The molecule has 1 heterocycles. The molecule has 0 spiro atoms. The van der Waals surface area contributed by atoms with E-state index in [-0.39, 0.29) is 25.1 Å². The standard InChI is InChI=1S/C13H23N2O5P/c1-5-8-9-15-12(16)11(10-14(4)13(15)17)21(18,19-6-2)20-7-3/h10H,5-9H2,1-4H3. The molecule has 0 atom stereocenters. The van der Waals surface area contributed by atoms with E-state index in [1.54, 1.807) is 13.8 Å². The van der Waals surface area contributed by atoms with Gasteiger partial charge >= 0.3 is 13.3 Å². The van der Waals surface area contributed by atoms with Gasteiger partial charge in [0.25, 0.3) is 5.56 Å². The highest BCUT2D eigenvalue weighted by Gasteiger charge is 2.32. The molecule has 1 rings (SSSR count). The molecule has 7 nitrogen and oxygen atoms in total. The molecule has 0 N–H and O–H groups in total. The largest absolute Gasteiger partial charge is 0.368 e. The number of hydrogen-bond acceptors (Lipinski definition) is 5. The van der Waals surface area contributed by atoms with Crippen LogP contribution in [0.25, 0.3) is 0 Å². The fourth-order valence-electron chi connectivity index (χ4n) is 1.93. The monoisotopic (exact) mass is 318 g/mol. The Hall–Kier alpha value is -1.17. The summed E-state index contributed by atoms with van der Waals surface area (Å²) in [6.45, 7) is 5.88. The minimum absolute atomic E-state index is 0.0931. The van der Waals surface area contributed by atoms with E-state index < -0.39 is 18.8 Å². The first-order valence-electron chi connectivity index (χ1n) is 7.11. The predicted molar refractivity (Wildman–Crippen MR) is 81.3 cm³/mol. The molecular formula is C13H23N2O5P. The summed E-state index contributed by atoms with van der Waals surface area (Å²) in [7, 11) is -2.20. The Morgan fingerprint density at radius 3 is 2.19 bits per heavy atom. The Morgan fingerprint density at radius 2 is 1.71 bits per heavy atom. The van der Waals surface area contributed by atoms with Gasteiger partial charge in [0, 0.05) is 19.8 Å². The van der Waals surface area contributed by atoms with Gasteiger partial charge in [0.15, 0.2) is 0 Å². The fourth-order valence-corrected chi connectivity index (χ4v) is 3.63. The van der Waals surface area contributed by atoms with Crippen molar-refractivity contribution in [3.8, 4) is 0 Å². The van der Waals surface area contributed by atoms with Crippen molar-refractivity contribution in [3.05, 3.63) is 27.0 Å². The van der Waals surface area contributed by atoms with Crippen LogP contribution in [0.3, 0.4) is 0 Å². The van der Waals surface area contributed by atoms with Crippen molar-refractivity contribution < 1.29 is 13.6 Å². The summed E-state index contributed by atoms with van der Waals surface area (Å²) in [5.41, 5.74) is -1.03. The smallest absolute Gasteiger partial charge is 0.305 e. The SMILES string of the molecule is CCCCn1c(=O)c(P(=O)(OCC)OCC)cn(C)c1=O. The summed E-state index contributed by atoms with van der Waals surface area (Å²) < 4.78 is 25.5. The third-order valence-electron chi connectivity index (χ3n) is 2.94. The summed E-state index contributed by atoms with van der Waals surface area (Å²) in [5, 5.41) is -0.0931. The van der Waals surface area contributed by atoms with Crippen LogP contribution in [0, 0.1) is 0 Å². The van der Waals surface area contributed by atoms with Crippen LogP contribution in [0.5, 0.6) is 0 Å². The highest BCUT2D eigenvalue weighted by Crippen LogP contribution is 2.45. The molecule has 0 radical (unpaired) electrons. The van der Waals surface area contributed by atoms with Crippen LogP contribution in [-0.4, -0.2) is 22.3 Å². The van der Waals surface area contributed by atoms with E-state index in [9.17, 15) is 14.2 Å². The number of hydrogen-bond donors (Lipinski definition) is 0. The Bertz CT molecular complexity index is 624. The van der Waals surface area contributed by atoms with Crippen LogP contribution in [0.2, 0.25) is 0 Å². The predicted octanol–water partition coefficient (Wildman–Crippen LogP) is 1.24. The molecule has 0 fully saturated rings. The van der Waals surface area contributed by atoms with Gasteiger partial charge in [-0.2, -0.15) is 0 Å². The zero-order chi connectivity index (χ0) is 16.0. The molecule has 0 aliphatic rings. The van der Waals surface area contributed by atoms with Crippen LogP contribution < -0.4 is 16.6 Å². The van der Waals surface area contributed by atoms with Crippen LogP contribution >= 0.6 is 7.60 Å². The third-order valence-corrected chi connectivity index (χ3v) is 5.03. The molecule has 0 saturated carbocycles. The second-order valence-corrected chi connectivity index (χ2v) is 6.54. The van der Waals surface area contributed by atoms with Gasteiger partial charge in [-0.25, -0.2) is 4.79 Å². The van der Waals surface area contributed by atoms with Gasteiger partial charge in [-0.1, -0.05) is 13.3 Å². The number of aryl methyl sites for hydroxylation is 1. The minimum Gasteiger partial charge on any atom is -0.305 e. The highest BCUT2D eigenvalue weighted by molar-refractivity contribution is 7.62. The second-order valence-electron chi connectivity index (χ2n) is 4.55. The molecule has 1 aromatic rings. The maximum Gasteiger partial charge on any atom is 0.368 e. The highest BCUT2D eigenvalue weighted by atomic mass is 31.2. The quantitative estimate of drug-likeness (QED) is 0.674. The first kappa shape index (κ1) is 17.9. The van der Waals surface area contributed by atoms with Crippen molar-refractivity contribution in [1.29, 1.82) is 0 Å². The molecule has 0 unspecified atom stereocenters. The molecule has 0 aromatic carbocycles. The number of unbranched alkanes of at least 4 members (excludes halogenated alkanes) is 1. The number of aromatic nitrogens is 2. The Balaban J connectivity index is 3.49. The average molecular weight is 318 g/mol. The Morgan fingerprint density at radius 1 is 1.14 bits per heavy atom. The normalized spacial score (nSPS) is 11.8. The van der Waals surface area contributed by atoms with Crippen LogP contribution in [0.4, 0.5) is 0 Å². The number of rotatable bonds is 8. The zero-order valence-corrected chi connectivity index (χ0v) is 13.9. The molecule has 8 heteroatoms. The van der Waals surface area contributed by atoms with Crippen molar-refractivity contribution in [3.63, 3.8) is 0 Å². The fraction of sp³-hybridized carbons (Fsp3) is 0.692. The summed E-state index contributed by atoms with van der Waals surface area (Å²) in [5.74, 6) is 0. The first-order chi connectivity index (χ1) is 9.91. The maximum atomic E-state index is 12.8. The first-order valence-corrected chi connectivity index (χ1v) is 8.65. The van der Waals surface area contributed by atoms with Crippen LogP contribution in [0.1, 0.15) is 33.6 Å². The van der Waals surface area contributed by atoms with E-state index in [1.165, 1.54) is 17.8 Å². The average Bonchev–Trinajstić information content (AvgIpc) is 2.43. The van der Waals surface area contributed by atoms with Crippen molar-refractivity contribution in [2.24, 2.45) is 7.05 Å². The lowest BCUT2D eigenvalue weighted by Gasteiger charge is -2.18. The van der Waals surface area contributed by atoms with E-state index in [0.717, 1.165) is 11.0 Å². The van der Waals surface area contributed by atoms with Crippen LogP contribution in [-0.2, 0) is 27.2 Å². The van der Waals surface area contributed by atoms with Gasteiger partial charge in [0.1, 0.15) is 5.30 Å². The summed E-state index contributed by atoms with van der Waals surface area (Å²) in [6, 6.07) is 0. The second kappa shape index (κ2) is 7.73. The van der Waals surface area contributed by atoms with Gasteiger partial charge < -0.3 is 13.6 Å². The molecule has 21 heavy (non-hydrogen) atoms. The molecule has 0 saturated heterocycles. The van der Waals surface area contributed by atoms with Crippen LogP contribution in [0.15, 0.2) is 15.8 Å². The van der Waals surface area contributed by atoms with E-state index in [4.69, 9.17) is 9.05 Å². The maximum absolute atomic E-state index is 12.8. The summed E-state index contributed by atoms with van der Waals surface area (Å²) in [4.78, 5) is 24.5. The molecular weight excluding hydrogens is 295 g/mol. The molecule has 120 valence electrons. The van der Waals surface area contributed by atoms with Gasteiger partial charge in [0.05, 0.1) is 13.2 Å². The van der Waals surface area contributed by atoms with Gasteiger partial charge in [-0.3, -0.25) is 13.9 Å². The van der Waals surface area contributed by atoms with Crippen molar-refractivity contribution in [2.75, 3.05) is 13.2 Å². The minimum atomic E-state index is -3.71. The van der Waals surface area contributed by atoms with Gasteiger partial charge in [0.2, 0.25) is 0 Å².